The largest absolute Gasteiger partial charge is 0.478 e. The summed E-state index contributed by atoms with van der Waals surface area (Å²) in [7, 11) is 3.62. The number of carbonyl (C=O) groups is 1. The van der Waals surface area contributed by atoms with Gasteiger partial charge in [0.2, 0.25) is 0 Å². The number of rotatable bonds is 8. The van der Waals surface area contributed by atoms with Crippen LogP contribution in [-0.4, -0.2) is 43.3 Å². The smallest absolute Gasteiger partial charge is 0.328 e. The van der Waals surface area contributed by atoms with E-state index in [1.807, 2.05) is 7.05 Å². The van der Waals surface area contributed by atoms with E-state index in [0.29, 0.717) is 18.7 Å². The standard InChI is InChI=1S/C15H20FNO3/c1-17(8-3-9-20-2)11-13-4-6-14(16)10-12(13)5-7-15(18)19/h4-7,10H,3,8-9,11H2,1-2H3,(H,18,19). The minimum absolute atomic E-state index is 0.374. The number of benzene rings is 1. The predicted molar refractivity (Wildman–Crippen MR) is 75.9 cm³/mol. The monoisotopic (exact) mass is 281 g/mol. The highest BCUT2D eigenvalue weighted by Crippen LogP contribution is 2.15. The number of hydrogen-bond acceptors (Lipinski definition) is 3. The maximum Gasteiger partial charge on any atom is 0.328 e. The van der Waals surface area contributed by atoms with E-state index >= 15 is 0 Å². The van der Waals surface area contributed by atoms with Gasteiger partial charge in [-0.15, -0.1) is 0 Å². The lowest BCUT2D eigenvalue weighted by molar-refractivity contribution is -0.131. The van der Waals surface area contributed by atoms with Gasteiger partial charge in [0.15, 0.2) is 0 Å². The molecule has 20 heavy (non-hydrogen) atoms. The fourth-order valence-electron chi connectivity index (χ4n) is 1.87. The Kier molecular flexibility index (Phi) is 6.90. The average Bonchev–Trinajstić information content (AvgIpc) is 2.39. The van der Waals surface area contributed by atoms with Gasteiger partial charge < -0.3 is 14.7 Å². The Labute approximate surface area is 118 Å². The van der Waals surface area contributed by atoms with Gasteiger partial charge in [-0.1, -0.05) is 6.07 Å². The van der Waals surface area contributed by atoms with Crippen LogP contribution >= 0.6 is 0 Å². The van der Waals surface area contributed by atoms with Gasteiger partial charge >= 0.3 is 5.97 Å². The predicted octanol–water partition coefficient (Wildman–Crippen LogP) is 2.39. The molecule has 0 atom stereocenters. The van der Waals surface area contributed by atoms with Crippen LogP contribution in [0.4, 0.5) is 4.39 Å². The topological polar surface area (TPSA) is 49.8 Å². The average molecular weight is 281 g/mol. The van der Waals surface area contributed by atoms with Crippen molar-refractivity contribution in [1.82, 2.24) is 4.90 Å². The van der Waals surface area contributed by atoms with E-state index in [-0.39, 0.29) is 5.82 Å². The number of carboxylic acid groups (broad SMARTS) is 1. The lowest BCUT2D eigenvalue weighted by Crippen LogP contribution is -2.20. The molecule has 0 fully saturated rings. The molecular weight excluding hydrogens is 261 g/mol. The summed E-state index contributed by atoms with van der Waals surface area (Å²) in [6.45, 7) is 2.18. The first-order chi connectivity index (χ1) is 9.52. The van der Waals surface area contributed by atoms with Gasteiger partial charge in [0, 0.05) is 32.9 Å². The van der Waals surface area contributed by atoms with Crippen molar-refractivity contribution in [2.24, 2.45) is 0 Å². The molecule has 0 heterocycles. The third-order valence-electron chi connectivity index (χ3n) is 2.84. The molecule has 0 spiro atoms. The highest BCUT2D eigenvalue weighted by molar-refractivity contribution is 5.85. The Morgan fingerprint density at radius 2 is 2.25 bits per heavy atom. The zero-order valence-electron chi connectivity index (χ0n) is 11.8. The zero-order chi connectivity index (χ0) is 15.0. The summed E-state index contributed by atoms with van der Waals surface area (Å²) in [6, 6.07) is 4.41. The molecule has 5 heteroatoms. The molecule has 110 valence electrons. The molecule has 1 rings (SSSR count). The summed E-state index contributed by atoms with van der Waals surface area (Å²) in [5.41, 5.74) is 1.48. The van der Waals surface area contributed by atoms with Crippen molar-refractivity contribution in [3.63, 3.8) is 0 Å². The molecular formula is C15H20FNO3. The summed E-state index contributed by atoms with van der Waals surface area (Å²) in [5.74, 6) is -1.42. The molecule has 0 saturated carbocycles. The third-order valence-corrected chi connectivity index (χ3v) is 2.84. The molecule has 0 saturated heterocycles. The molecule has 0 aliphatic heterocycles. The molecule has 0 amide bonds. The van der Waals surface area contributed by atoms with E-state index in [1.54, 1.807) is 13.2 Å². The van der Waals surface area contributed by atoms with Crippen molar-refractivity contribution >= 4 is 12.0 Å². The highest BCUT2D eigenvalue weighted by Gasteiger charge is 2.06. The van der Waals surface area contributed by atoms with Crippen LogP contribution in [0.2, 0.25) is 0 Å². The van der Waals surface area contributed by atoms with Gasteiger partial charge in [0.25, 0.3) is 0 Å². The van der Waals surface area contributed by atoms with Crippen molar-refractivity contribution in [3.8, 4) is 0 Å². The number of halogens is 1. The fraction of sp³-hybridized carbons (Fsp3) is 0.400. The number of hydrogen-bond donors (Lipinski definition) is 1. The van der Waals surface area contributed by atoms with Crippen LogP contribution in [0.25, 0.3) is 6.08 Å². The first-order valence-electron chi connectivity index (χ1n) is 6.40. The maximum absolute atomic E-state index is 13.2. The molecule has 0 unspecified atom stereocenters. The van der Waals surface area contributed by atoms with Crippen LogP contribution in [0.1, 0.15) is 17.5 Å². The number of methoxy groups -OCH3 is 1. The lowest BCUT2D eigenvalue weighted by atomic mass is 10.1. The maximum atomic E-state index is 13.2. The summed E-state index contributed by atoms with van der Waals surface area (Å²) in [5, 5.41) is 8.66. The Morgan fingerprint density at radius 3 is 2.90 bits per heavy atom. The number of nitrogens with zero attached hydrogens (tertiary/aromatic N) is 1. The van der Waals surface area contributed by atoms with Crippen molar-refractivity contribution < 1.29 is 19.0 Å². The minimum atomic E-state index is -1.05. The van der Waals surface area contributed by atoms with Crippen LogP contribution in [0.15, 0.2) is 24.3 Å². The van der Waals surface area contributed by atoms with Crippen LogP contribution in [0.5, 0.6) is 0 Å². The van der Waals surface area contributed by atoms with Crippen molar-refractivity contribution in [2.75, 3.05) is 27.3 Å². The van der Waals surface area contributed by atoms with Gasteiger partial charge in [0.05, 0.1) is 0 Å². The first-order valence-corrected chi connectivity index (χ1v) is 6.40. The number of carboxylic acids is 1. The normalized spacial score (nSPS) is 11.4. The van der Waals surface area contributed by atoms with E-state index < -0.39 is 5.97 Å². The molecule has 0 aliphatic carbocycles. The highest BCUT2D eigenvalue weighted by atomic mass is 19.1. The number of aliphatic carboxylic acids is 1. The van der Waals surface area contributed by atoms with Crippen molar-refractivity contribution in [3.05, 3.63) is 41.2 Å². The van der Waals surface area contributed by atoms with E-state index in [1.165, 1.54) is 18.2 Å². The summed E-state index contributed by atoms with van der Waals surface area (Å²) in [6.07, 6.45) is 3.35. The molecule has 0 aromatic heterocycles. The quantitative estimate of drug-likeness (QED) is 0.587. The molecule has 4 nitrogen and oxygen atoms in total. The van der Waals surface area contributed by atoms with Crippen LogP contribution in [0, 0.1) is 5.82 Å². The van der Waals surface area contributed by atoms with Crippen LogP contribution in [-0.2, 0) is 16.1 Å². The summed E-state index contributed by atoms with van der Waals surface area (Å²) in [4.78, 5) is 12.6. The SMILES string of the molecule is COCCCN(C)Cc1ccc(F)cc1C=CC(=O)O. The van der Waals surface area contributed by atoms with E-state index in [0.717, 1.165) is 24.6 Å². The molecule has 0 aliphatic rings. The van der Waals surface area contributed by atoms with E-state index in [2.05, 4.69) is 4.90 Å². The Balaban J connectivity index is 2.75. The second kappa shape index (κ2) is 8.45. The van der Waals surface area contributed by atoms with E-state index in [4.69, 9.17) is 9.84 Å². The molecule has 1 aromatic carbocycles. The Bertz CT molecular complexity index is 474. The van der Waals surface area contributed by atoms with Crippen molar-refractivity contribution in [2.45, 2.75) is 13.0 Å². The zero-order valence-corrected chi connectivity index (χ0v) is 11.8. The molecule has 1 aromatic rings. The number of ether oxygens (including phenoxy) is 1. The second-order valence-corrected chi connectivity index (χ2v) is 4.60. The Morgan fingerprint density at radius 1 is 1.50 bits per heavy atom. The van der Waals surface area contributed by atoms with Crippen molar-refractivity contribution in [1.29, 1.82) is 0 Å². The molecule has 0 radical (unpaired) electrons. The second-order valence-electron chi connectivity index (χ2n) is 4.60. The molecule has 0 bridgehead atoms. The molecule has 1 N–H and O–H groups in total. The lowest BCUT2D eigenvalue weighted by Gasteiger charge is -2.18. The van der Waals surface area contributed by atoms with Gasteiger partial charge in [-0.05, 0) is 42.8 Å². The minimum Gasteiger partial charge on any atom is -0.478 e. The van der Waals surface area contributed by atoms with E-state index in [9.17, 15) is 9.18 Å². The van der Waals surface area contributed by atoms with Crippen LogP contribution < -0.4 is 0 Å². The third kappa shape index (κ3) is 5.95. The van der Waals surface area contributed by atoms with Gasteiger partial charge in [-0.2, -0.15) is 0 Å². The van der Waals surface area contributed by atoms with Crippen LogP contribution in [0.3, 0.4) is 0 Å². The van der Waals surface area contributed by atoms with Gasteiger partial charge in [-0.25, -0.2) is 9.18 Å². The Hall–Kier alpha value is -1.72. The fourth-order valence-corrected chi connectivity index (χ4v) is 1.87. The van der Waals surface area contributed by atoms with Gasteiger partial charge in [0.1, 0.15) is 5.82 Å². The van der Waals surface area contributed by atoms with Gasteiger partial charge in [-0.3, -0.25) is 0 Å². The summed E-state index contributed by atoms with van der Waals surface area (Å²) >= 11 is 0. The summed E-state index contributed by atoms with van der Waals surface area (Å²) < 4.78 is 18.2. The first kappa shape index (κ1) is 16.3.